The van der Waals surface area contributed by atoms with E-state index in [2.05, 4.69) is 54.5 Å². The van der Waals surface area contributed by atoms with Gasteiger partial charge in [-0.2, -0.15) is 8.42 Å². The first-order valence-corrected chi connectivity index (χ1v) is 16.1. The molecule has 4 bridgehead atoms. The van der Waals surface area contributed by atoms with Gasteiger partial charge in [0, 0.05) is 31.1 Å². The highest BCUT2D eigenvalue weighted by Crippen LogP contribution is 2.41. The van der Waals surface area contributed by atoms with Crippen molar-refractivity contribution in [1.29, 1.82) is 0 Å². The predicted molar refractivity (Wildman–Crippen MR) is 160 cm³/mol. The lowest BCUT2D eigenvalue weighted by atomic mass is 9.86. The number of carbonyl (C=O) groups is 2. The minimum atomic E-state index is -4.24. The number of nitrogens with one attached hydrogen (secondary N) is 2. The van der Waals surface area contributed by atoms with Crippen LogP contribution in [0, 0.1) is 17.3 Å². The standard InChI is InChI=1S/C30H42N6O4S/c1-29(2,3)15-13-21-14-17-35(28(21)38)24-12-11-22-26(33-24)36-19-20(18-30(36,4)5)8-7-16-31-23-9-6-10-25(32-23)41(39,40)34-27(22)37/h6,9-12,20-21H,7-8,13-19H2,1-5H3,(H,31,32)(H,34,37)/t20-,21-/m0/s1. The second-order valence-electron chi connectivity index (χ2n) is 13.5. The fraction of sp³-hybridized carbons (Fsp3) is 0.600. The normalized spacial score (nSPS) is 24.2. The molecule has 222 valence electrons. The molecule has 5 heterocycles. The first kappa shape index (κ1) is 29.3. The largest absolute Gasteiger partial charge is 0.370 e. The quantitative estimate of drug-likeness (QED) is 0.539. The maximum atomic E-state index is 13.6. The highest BCUT2D eigenvalue weighted by Gasteiger charge is 2.42. The zero-order valence-corrected chi connectivity index (χ0v) is 25.6. The average Bonchev–Trinajstić information content (AvgIpc) is 3.41. The minimum Gasteiger partial charge on any atom is -0.370 e. The van der Waals surface area contributed by atoms with Crippen LogP contribution in [0.1, 0.15) is 83.5 Å². The molecule has 2 aromatic heterocycles. The molecule has 41 heavy (non-hydrogen) atoms. The van der Waals surface area contributed by atoms with Crippen molar-refractivity contribution < 1.29 is 18.0 Å². The molecule has 5 rings (SSSR count). The van der Waals surface area contributed by atoms with E-state index in [0.29, 0.717) is 43.0 Å². The summed E-state index contributed by atoms with van der Waals surface area (Å²) in [6.45, 7) is 12.7. The molecule has 0 aliphatic carbocycles. The summed E-state index contributed by atoms with van der Waals surface area (Å²) in [6, 6.07) is 7.95. The number of aromatic nitrogens is 2. The van der Waals surface area contributed by atoms with Crippen molar-refractivity contribution in [3.8, 4) is 0 Å². The van der Waals surface area contributed by atoms with Crippen LogP contribution in [0.2, 0.25) is 0 Å². The molecule has 10 nitrogen and oxygen atoms in total. The molecule has 2 amide bonds. The van der Waals surface area contributed by atoms with Crippen LogP contribution in [0.5, 0.6) is 0 Å². The second-order valence-corrected chi connectivity index (χ2v) is 15.1. The molecule has 2 aromatic rings. The summed E-state index contributed by atoms with van der Waals surface area (Å²) < 4.78 is 28.6. The number of hydrogen-bond donors (Lipinski definition) is 2. The van der Waals surface area contributed by atoms with Crippen molar-refractivity contribution in [2.45, 2.75) is 83.7 Å². The van der Waals surface area contributed by atoms with Crippen LogP contribution >= 0.6 is 0 Å². The first-order chi connectivity index (χ1) is 19.2. The zero-order valence-electron chi connectivity index (χ0n) is 24.7. The third kappa shape index (κ3) is 6.34. The highest BCUT2D eigenvalue weighted by molar-refractivity contribution is 7.90. The van der Waals surface area contributed by atoms with E-state index in [4.69, 9.17) is 4.98 Å². The summed E-state index contributed by atoms with van der Waals surface area (Å²) >= 11 is 0. The number of rotatable bonds is 3. The van der Waals surface area contributed by atoms with Gasteiger partial charge in [0.1, 0.15) is 17.5 Å². The van der Waals surface area contributed by atoms with Crippen LogP contribution in [0.15, 0.2) is 35.4 Å². The van der Waals surface area contributed by atoms with Crippen molar-refractivity contribution in [3.63, 3.8) is 0 Å². The van der Waals surface area contributed by atoms with Gasteiger partial charge in [-0.05, 0) is 88.0 Å². The molecule has 2 atom stereocenters. The van der Waals surface area contributed by atoms with E-state index in [0.717, 1.165) is 38.5 Å². The lowest BCUT2D eigenvalue weighted by molar-refractivity contribution is -0.120. The van der Waals surface area contributed by atoms with Gasteiger partial charge < -0.3 is 10.2 Å². The van der Waals surface area contributed by atoms with E-state index in [1.165, 1.54) is 6.07 Å². The van der Waals surface area contributed by atoms with Crippen molar-refractivity contribution in [2.75, 3.05) is 34.8 Å². The Kier molecular flexibility index (Phi) is 7.78. The average molecular weight is 583 g/mol. The Morgan fingerprint density at radius 3 is 2.61 bits per heavy atom. The maximum Gasteiger partial charge on any atom is 0.281 e. The molecule has 0 saturated carbocycles. The van der Waals surface area contributed by atoms with Crippen LogP contribution in [0.3, 0.4) is 0 Å². The number of carbonyl (C=O) groups excluding carboxylic acids is 2. The van der Waals surface area contributed by atoms with Gasteiger partial charge in [0.05, 0.1) is 5.56 Å². The van der Waals surface area contributed by atoms with Crippen LogP contribution in [0.4, 0.5) is 17.5 Å². The van der Waals surface area contributed by atoms with Gasteiger partial charge in [-0.15, -0.1) is 0 Å². The summed E-state index contributed by atoms with van der Waals surface area (Å²) in [7, 11) is -4.24. The van der Waals surface area contributed by atoms with E-state index in [1.807, 2.05) is 0 Å². The highest BCUT2D eigenvalue weighted by atomic mass is 32.2. The van der Waals surface area contributed by atoms with Gasteiger partial charge >= 0.3 is 0 Å². The minimum absolute atomic E-state index is 0.0495. The summed E-state index contributed by atoms with van der Waals surface area (Å²) in [5, 5.41) is 2.98. The maximum absolute atomic E-state index is 13.6. The van der Waals surface area contributed by atoms with E-state index < -0.39 is 15.9 Å². The lowest BCUT2D eigenvalue weighted by Gasteiger charge is -2.34. The van der Waals surface area contributed by atoms with Crippen LogP contribution < -0.4 is 19.8 Å². The molecule has 0 spiro atoms. The van der Waals surface area contributed by atoms with Crippen molar-refractivity contribution in [3.05, 3.63) is 35.9 Å². The van der Waals surface area contributed by atoms with E-state index >= 15 is 0 Å². The third-order valence-corrected chi connectivity index (χ3v) is 9.71. The Morgan fingerprint density at radius 2 is 1.85 bits per heavy atom. The van der Waals surface area contributed by atoms with E-state index in [1.54, 1.807) is 29.2 Å². The zero-order chi connectivity index (χ0) is 29.6. The molecule has 2 saturated heterocycles. The predicted octanol–water partition coefficient (Wildman–Crippen LogP) is 4.59. The van der Waals surface area contributed by atoms with Crippen LogP contribution in [-0.2, 0) is 14.8 Å². The number of pyridine rings is 2. The molecule has 0 aromatic carbocycles. The Bertz CT molecular complexity index is 1430. The third-order valence-electron chi connectivity index (χ3n) is 8.48. The first-order valence-electron chi connectivity index (χ1n) is 14.6. The molecular formula is C30H42N6O4S. The number of sulfonamides is 1. The number of amides is 2. The Morgan fingerprint density at radius 1 is 1.07 bits per heavy atom. The van der Waals surface area contributed by atoms with Gasteiger partial charge in [0.25, 0.3) is 15.9 Å². The molecule has 2 N–H and O–H groups in total. The molecule has 3 aliphatic rings. The smallest absolute Gasteiger partial charge is 0.281 e. The number of anilines is 3. The lowest BCUT2D eigenvalue weighted by Crippen LogP contribution is -2.41. The topological polar surface area (TPSA) is 125 Å². The Balaban J connectivity index is 1.52. The SMILES string of the molecule is CC(C)(C)CC[C@H]1CCN(c2ccc3c(n2)N2C[C@@H](CCCNc4cccc(n4)S(=O)(=O)NC3=O)CC2(C)C)C1=O. The van der Waals surface area contributed by atoms with Gasteiger partial charge in [0.2, 0.25) is 5.91 Å². The van der Waals surface area contributed by atoms with Gasteiger partial charge in [0.15, 0.2) is 5.03 Å². The van der Waals surface area contributed by atoms with Crippen molar-refractivity contribution in [2.24, 2.45) is 17.3 Å². The second kappa shape index (κ2) is 10.9. The van der Waals surface area contributed by atoms with Gasteiger partial charge in [-0.3, -0.25) is 14.5 Å². The number of hydrogen-bond acceptors (Lipinski definition) is 8. The monoisotopic (exact) mass is 582 g/mol. The molecule has 0 unspecified atom stereocenters. The fourth-order valence-corrected chi connectivity index (χ4v) is 7.20. The van der Waals surface area contributed by atoms with Crippen LogP contribution in [-0.4, -0.2) is 55.4 Å². The Labute approximate surface area is 243 Å². The van der Waals surface area contributed by atoms with E-state index in [9.17, 15) is 18.0 Å². The summed E-state index contributed by atoms with van der Waals surface area (Å²) in [6.07, 6.45) is 5.32. The molecule has 2 fully saturated rings. The number of nitrogens with zero attached hydrogens (tertiary/aromatic N) is 4. The summed E-state index contributed by atoms with van der Waals surface area (Å²) in [5.41, 5.74) is -0.00470. The summed E-state index contributed by atoms with van der Waals surface area (Å²) in [5.74, 6) is 0.961. The summed E-state index contributed by atoms with van der Waals surface area (Å²) in [4.78, 5) is 40.0. The van der Waals surface area contributed by atoms with E-state index in [-0.39, 0.29) is 33.4 Å². The van der Waals surface area contributed by atoms with Crippen LogP contribution in [0.25, 0.3) is 0 Å². The van der Waals surface area contributed by atoms with Crippen molar-refractivity contribution in [1.82, 2.24) is 14.7 Å². The molecule has 0 radical (unpaired) electrons. The fourth-order valence-electron chi connectivity index (χ4n) is 6.27. The van der Waals surface area contributed by atoms with Gasteiger partial charge in [-0.1, -0.05) is 26.8 Å². The molecular weight excluding hydrogens is 540 g/mol. The molecule has 11 heteroatoms. The van der Waals surface area contributed by atoms with Crippen molar-refractivity contribution >= 4 is 39.3 Å². The number of fused-ring (bicyclic) bond motifs is 6. The van der Waals surface area contributed by atoms with Gasteiger partial charge in [-0.25, -0.2) is 14.7 Å². The Hall–Kier alpha value is -3.21. The molecule has 3 aliphatic heterocycles.